The highest BCUT2D eigenvalue weighted by Gasteiger charge is 2.14. The lowest BCUT2D eigenvalue weighted by atomic mass is 9.96. The van der Waals surface area contributed by atoms with E-state index >= 15 is 0 Å². The van der Waals surface area contributed by atoms with E-state index in [9.17, 15) is 0 Å². The molecule has 26 heavy (non-hydrogen) atoms. The van der Waals surface area contributed by atoms with E-state index in [2.05, 4.69) is 114 Å². The average molecular weight is 462 g/mol. The van der Waals surface area contributed by atoms with Crippen LogP contribution < -0.4 is 0 Å². The quantitative estimate of drug-likeness (QED) is 0.233. The fourth-order valence-electron chi connectivity index (χ4n) is 3.58. The second-order valence-corrected chi connectivity index (χ2v) is 8.47. The molecule has 0 atom stereocenters. The zero-order valence-corrected chi connectivity index (χ0v) is 16.9. The number of hydrogen-bond donors (Lipinski definition) is 0. The fourth-order valence-corrected chi connectivity index (χ4v) is 5.67. The Morgan fingerprint density at radius 2 is 1.19 bits per heavy atom. The first-order valence-electron chi connectivity index (χ1n) is 8.57. The van der Waals surface area contributed by atoms with E-state index < -0.39 is 0 Å². The number of hydrogen-bond acceptors (Lipinski definition) is 1. The highest BCUT2D eigenvalue weighted by molar-refractivity contribution is 14.1. The van der Waals surface area contributed by atoms with Crippen LogP contribution in [0.4, 0.5) is 0 Å². The molecule has 5 rings (SSSR count). The summed E-state index contributed by atoms with van der Waals surface area (Å²) in [7, 11) is 0. The molecule has 0 unspecified atom stereocenters. The van der Waals surface area contributed by atoms with Crippen molar-refractivity contribution < 1.29 is 0 Å². The molecule has 0 nitrogen and oxygen atoms in total. The molecule has 0 bridgehead atoms. The third-order valence-electron chi connectivity index (χ3n) is 4.78. The van der Waals surface area contributed by atoms with Crippen LogP contribution in [0.3, 0.4) is 0 Å². The standard InChI is InChI=1S/C24H15IS/c25-24-17(16-8-2-1-3-9-16)11-6-13-19(24)18-12-7-15-22-23(18)20-10-4-5-14-21(20)26-22/h1-15H. The topological polar surface area (TPSA) is 0 Å². The van der Waals surface area contributed by atoms with E-state index in [-0.39, 0.29) is 0 Å². The van der Waals surface area contributed by atoms with Crippen LogP contribution in [0.15, 0.2) is 91.0 Å². The van der Waals surface area contributed by atoms with Gasteiger partial charge in [-0.25, -0.2) is 0 Å². The van der Waals surface area contributed by atoms with Gasteiger partial charge in [0.2, 0.25) is 0 Å². The van der Waals surface area contributed by atoms with Gasteiger partial charge in [0, 0.05) is 23.7 Å². The fraction of sp³-hybridized carbons (Fsp3) is 0. The predicted molar refractivity (Wildman–Crippen MR) is 123 cm³/mol. The third-order valence-corrected chi connectivity index (χ3v) is 7.07. The van der Waals surface area contributed by atoms with E-state index in [1.54, 1.807) is 0 Å². The van der Waals surface area contributed by atoms with Crippen molar-refractivity contribution in [2.45, 2.75) is 0 Å². The lowest BCUT2D eigenvalue weighted by molar-refractivity contribution is 1.57. The van der Waals surface area contributed by atoms with Gasteiger partial charge < -0.3 is 0 Å². The summed E-state index contributed by atoms with van der Waals surface area (Å²) in [4.78, 5) is 0. The summed E-state index contributed by atoms with van der Waals surface area (Å²) < 4.78 is 4.01. The van der Waals surface area contributed by atoms with Crippen LogP contribution in [0, 0.1) is 3.57 Å². The lowest BCUT2D eigenvalue weighted by Gasteiger charge is -2.12. The van der Waals surface area contributed by atoms with Crippen molar-refractivity contribution in [3.8, 4) is 22.3 Å². The summed E-state index contributed by atoms with van der Waals surface area (Å²) in [6.45, 7) is 0. The number of fused-ring (bicyclic) bond motifs is 3. The van der Waals surface area contributed by atoms with Gasteiger partial charge in [0.25, 0.3) is 0 Å². The zero-order chi connectivity index (χ0) is 17.5. The van der Waals surface area contributed by atoms with Gasteiger partial charge in [0.1, 0.15) is 0 Å². The van der Waals surface area contributed by atoms with Gasteiger partial charge in [-0.3, -0.25) is 0 Å². The van der Waals surface area contributed by atoms with Crippen molar-refractivity contribution in [2.75, 3.05) is 0 Å². The Kier molecular flexibility index (Phi) is 4.03. The van der Waals surface area contributed by atoms with Gasteiger partial charge in [-0.2, -0.15) is 0 Å². The minimum atomic E-state index is 1.26. The second-order valence-electron chi connectivity index (χ2n) is 6.31. The van der Waals surface area contributed by atoms with Crippen molar-refractivity contribution in [3.63, 3.8) is 0 Å². The predicted octanol–water partition coefficient (Wildman–Crippen LogP) is 7.99. The maximum Gasteiger partial charge on any atom is 0.0361 e. The molecule has 0 saturated carbocycles. The minimum absolute atomic E-state index is 1.26. The summed E-state index contributed by atoms with van der Waals surface area (Å²) in [5, 5.41) is 2.72. The smallest absolute Gasteiger partial charge is 0.0361 e. The monoisotopic (exact) mass is 462 g/mol. The van der Waals surface area contributed by atoms with Crippen LogP contribution in [0.1, 0.15) is 0 Å². The normalized spacial score (nSPS) is 11.3. The molecule has 0 N–H and O–H groups in total. The molecule has 0 saturated heterocycles. The van der Waals surface area contributed by atoms with Crippen molar-refractivity contribution >= 4 is 54.1 Å². The molecule has 2 heteroatoms. The molecule has 5 aromatic rings. The maximum atomic E-state index is 2.51. The van der Waals surface area contributed by atoms with Gasteiger partial charge in [-0.1, -0.05) is 78.9 Å². The summed E-state index contributed by atoms with van der Waals surface area (Å²) in [6.07, 6.45) is 0. The largest absolute Gasteiger partial charge is 0.135 e. The molecule has 0 spiro atoms. The summed E-state index contributed by atoms with van der Waals surface area (Å²) >= 11 is 4.38. The molecule has 1 aromatic heterocycles. The second kappa shape index (κ2) is 6.53. The van der Waals surface area contributed by atoms with Crippen LogP contribution >= 0.6 is 33.9 Å². The average Bonchev–Trinajstić information content (AvgIpc) is 3.08. The molecule has 0 amide bonds. The maximum absolute atomic E-state index is 2.51. The summed E-state index contributed by atoms with van der Waals surface area (Å²) in [5.74, 6) is 0. The first-order chi connectivity index (χ1) is 12.8. The molecule has 124 valence electrons. The molecular weight excluding hydrogens is 447 g/mol. The Balaban J connectivity index is 1.82. The molecule has 1 heterocycles. The minimum Gasteiger partial charge on any atom is -0.135 e. The van der Waals surface area contributed by atoms with Crippen molar-refractivity contribution in [1.29, 1.82) is 0 Å². The van der Waals surface area contributed by atoms with Gasteiger partial charge in [0.05, 0.1) is 0 Å². The third kappa shape index (κ3) is 2.56. The van der Waals surface area contributed by atoms with E-state index in [4.69, 9.17) is 0 Å². The number of thiophene rings is 1. The first-order valence-corrected chi connectivity index (χ1v) is 10.5. The summed E-state index contributed by atoms with van der Waals surface area (Å²) in [6, 6.07) is 32.7. The zero-order valence-electron chi connectivity index (χ0n) is 13.9. The molecular formula is C24H15IS. The van der Waals surface area contributed by atoms with Crippen LogP contribution in [0.2, 0.25) is 0 Å². The Morgan fingerprint density at radius 3 is 2.08 bits per heavy atom. The Hall–Kier alpha value is -2.17. The van der Waals surface area contributed by atoms with Crippen LogP contribution in [0.5, 0.6) is 0 Å². The van der Waals surface area contributed by atoms with Crippen LogP contribution in [-0.4, -0.2) is 0 Å². The Morgan fingerprint density at radius 1 is 0.538 bits per heavy atom. The van der Waals surface area contributed by atoms with Crippen LogP contribution in [-0.2, 0) is 0 Å². The molecule has 0 aliphatic carbocycles. The van der Waals surface area contributed by atoms with Crippen molar-refractivity contribution in [1.82, 2.24) is 0 Å². The molecule has 0 aliphatic heterocycles. The van der Waals surface area contributed by atoms with Gasteiger partial charge in [-0.15, -0.1) is 11.3 Å². The lowest BCUT2D eigenvalue weighted by Crippen LogP contribution is -1.88. The number of rotatable bonds is 2. The first kappa shape index (κ1) is 16.0. The highest BCUT2D eigenvalue weighted by Crippen LogP contribution is 2.42. The van der Waals surface area contributed by atoms with Crippen molar-refractivity contribution in [3.05, 3.63) is 94.6 Å². The van der Waals surface area contributed by atoms with Crippen LogP contribution in [0.25, 0.3) is 42.4 Å². The van der Waals surface area contributed by atoms with Gasteiger partial charge in [0.15, 0.2) is 0 Å². The van der Waals surface area contributed by atoms with E-state index in [1.165, 1.54) is 46.0 Å². The van der Waals surface area contributed by atoms with E-state index in [0.717, 1.165) is 0 Å². The number of halogens is 1. The molecule has 4 aromatic carbocycles. The molecule has 0 radical (unpaired) electrons. The molecule has 0 fully saturated rings. The van der Waals surface area contributed by atoms with Gasteiger partial charge in [-0.05, 0) is 57.0 Å². The van der Waals surface area contributed by atoms with Crippen molar-refractivity contribution in [2.24, 2.45) is 0 Å². The van der Waals surface area contributed by atoms with E-state index in [0.29, 0.717) is 0 Å². The Labute approximate surface area is 170 Å². The number of benzene rings is 4. The highest BCUT2D eigenvalue weighted by atomic mass is 127. The molecule has 0 aliphatic rings. The SMILES string of the molecule is Ic1c(-c2ccccc2)cccc1-c1cccc2sc3ccccc3c12. The summed E-state index contributed by atoms with van der Waals surface area (Å²) in [5.41, 5.74) is 5.18. The van der Waals surface area contributed by atoms with E-state index in [1.807, 2.05) is 11.3 Å². The van der Waals surface area contributed by atoms with Gasteiger partial charge >= 0.3 is 0 Å². The Bertz CT molecular complexity index is 1240.